The second-order valence-corrected chi connectivity index (χ2v) is 7.35. The summed E-state index contributed by atoms with van der Waals surface area (Å²) in [6, 6.07) is 7.54. The van der Waals surface area contributed by atoms with Crippen molar-refractivity contribution in [2.75, 3.05) is 0 Å². The number of aryl methyl sites for hydroxylation is 1. The van der Waals surface area contributed by atoms with Gasteiger partial charge in [0.1, 0.15) is 21.6 Å². The Labute approximate surface area is 164 Å². The minimum Gasteiger partial charge on any atom is -0.258 e. The number of benzene rings is 1. The number of nitro benzene ring substituents is 1. The first kappa shape index (κ1) is 17.5. The largest absolute Gasteiger partial charge is 0.280 e. The second kappa shape index (κ2) is 6.21. The van der Waals surface area contributed by atoms with Crippen molar-refractivity contribution < 1.29 is 13.7 Å². The van der Waals surface area contributed by atoms with Gasteiger partial charge in [-0.15, -0.1) is 16.4 Å². The van der Waals surface area contributed by atoms with Crippen molar-refractivity contribution >= 4 is 43.1 Å². The summed E-state index contributed by atoms with van der Waals surface area (Å²) in [7, 11) is 0. The first-order chi connectivity index (χ1) is 13.9. The average molecular weight is 412 g/mol. The Morgan fingerprint density at radius 1 is 1.24 bits per heavy atom. The van der Waals surface area contributed by atoms with E-state index in [0.717, 1.165) is 0 Å². The highest BCUT2D eigenvalue weighted by molar-refractivity contribution is 7.26. The molecule has 5 aromatic rings. The number of pyridine rings is 1. The van der Waals surface area contributed by atoms with Crippen LogP contribution >= 0.6 is 11.3 Å². The Hall–Kier alpha value is -3.60. The number of rotatable bonds is 3. The number of halogens is 2. The maximum absolute atomic E-state index is 13.1. The molecule has 0 aliphatic carbocycles. The summed E-state index contributed by atoms with van der Waals surface area (Å²) in [4.78, 5) is 24.2. The number of nitrogens with zero attached hydrogens (tertiary/aromatic N) is 6. The number of hydrogen-bond donors (Lipinski definition) is 0. The zero-order valence-electron chi connectivity index (χ0n) is 14.7. The number of fused-ring (bicyclic) bond motifs is 5. The molecule has 11 heteroatoms. The zero-order valence-corrected chi connectivity index (χ0v) is 15.5. The Morgan fingerprint density at radius 3 is 2.79 bits per heavy atom. The van der Waals surface area contributed by atoms with Gasteiger partial charge in [-0.1, -0.05) is 12.1 Å². The molecule has 144 valence electrons. The summed E-state index contributed by atoms with van der Waals surface area (Å²) >= 11 is 1.19. The summed E-state index contributed by atoms with van der Waals surface area (Å²) in [6.07, 6.45) is -1.22. The molecule has 0 N–H and O–H groups in total. The van der Waals surface area contributed by atoms with E-state index in [1.54, 1.807) is 25.1 Å². The summed E-state index contributed by atoms with van der Waals surface area (Å²) in [6.45, 7) is 1.73. The van der Waals surface area contributed by atoms with Gasteiger partial charge in [-0.05, 0) is 24.6 Å². The number of alkyl halides is 2. The van der Waals surface area contributed by atoms with Crippen LogP contribution < -0.4 is 0 Å². The van der Waals surface area contributed by atoms with Gasteiger partial charge in [0.05, 0.1) is 16.0 Å². The monoisotopic (exact) mass is 412 g/mol. The molecule has 0 atom stereocenters. The van der Waals surface area contributed by atoms with Crippen LogP contribution in [-0.4, -0.2) is 29.5 Å². The van der Waals surface area contributed by atoms with Gasteiger partial charge in [-0.3, -0.25) is 10.1 Å². The van der Waals surface area contributed by atoms with Gasteiger partial charge in [0, 0.05) is 11.5 Å². The Morgan fingerprint density at radius 2 is 2.03 bits per heavy atom. The Balaban J connectivity index is 1.80. The van der Waals surface area contributed by atoms with Crippen molar-refractivity contribution in [2.45, 2.75) is 13.3 Å². The lowest BCUT2D eigenvalue weighted by atomic mass is 10.1. The number of para-hydroxylation sites is 1. The molecule has 0 radical (unpaired) electrons. The molecule has 0 amide bonds. The molecule has 0 unspecified atom stereocenters. The number of nitro groups is 1. The molecule has 0 fully saturated rings. The molecule has 4 heterocycles. The molecule has 0 bridgehead atoms. The molecular weight excluding hydrogens is 402 g/mol. The standard InChI is InChI=1S/C18H10F2N6O2S/c1-8-6-10(15(19)20)22-18-12(8)13-14(29-18)17-23-16(24-25(17)7-21-13)9-4-2-3-5-11(9)26(27)28/h2-7,15H,1H3. The zero-order chi connectivity index (χ0) is 20.3. The van der Waals surface area contributed by atoms with E-state index in [1.807, 2.05) is 0 Å². The van der Waals surface area contributed by atoms with Crippen molar-refractivity contribution in [1.82, 2.24) is 24.6 Å². The van der Waals surface area contributed by atoms with Crippen LogP contribution in [0.5, 0.6) is 0 Å². The van der Waals surface area contributed by atoms with E-state index >= 15 is 0 Å². The van der Waals surface area contributed by atoms with Crippen LogP contribution in [0, 0.1) is 17.0 Å². The van der Waals surface area contributed by atoms with Crippen LogP contribution in [0.4, 0.5) is 14.5 Å². The van der Waals surface area contributed by atoms with E-state index in [1.165, 1.54) is 34.3 Å². The maximum atomic E-state index is 13.1. The van der Waals surface area contributed by atoms with E-state index in [0.29, 0.717) is 31.6 Å². The predicted octanol–water partition coefficient (Wildman–Crippen LogP) is 4.71. The SMILES string of the molecule is Cc1cc(C(F)F)nc2sc3c(ncn4nc(-c5ccccc5[N+](=O)[O-])nc34)c12. The molecule has 29 heavy (non-hydrogen) atoms. The molecule has 0 saturated heterocycles. The quantitative estimate of drug-likeness (QED) is 0.314. The van der Waals surface area contributed by atoms with Crippen molar-refractivity contribution in [3.05, 3.63) is 58.0 Å². The van der Waals surface area contributed by atoms with E-state index in [4.69, 9.17) is 0 Å². The third kappa shape index (κ3) is 2.62. The minimum absolute atomic E-state index is 0.108. The van der Waals surface area contributed by atoms with Crippen LogP contribution in [0.3, 0.4) is 0 Å². The van der Waals surface area contributed by atoms with Gasteiger partial charge in [-0.25, -0.2) is 28.2 Å². The average Bonchev–Trinajstić information content (AvgIpc) is 3.29. The number of aromatic nitrogens is 5. The number of hydrogen-bond acceptors (Lipinski definition) is 7. The van der Waals surface area contributed by atoms with Crippen LogP contribution in [0.15, 0.2) is 36.7 Å². The Kier molecular flexibility index (Phi) is 3.74. The predicted molar refractivity (Wildman–Crippen MR) is 103 cm³/mol. The fourth-order valence-corrected chi connectivity index (χ4v) is 4.47. The molecular formula is C18H10F2N6O2S. The van der Waals surface area contributed by atoms with Crippen molar-refractivity contribution in [3.8, 4) is 11.4 Å². The third-order valence-corrected chi connectivity index (χ3v) is 5.62. The molecule has 0 saturated carbocycles. The first-order valence-electron chi connectivity index (χ1n) is 8.41. The van der Waals surface area contributed by atoms with Crippen molar-refractivity contribution in [1.29, 1.82) is 0 Å². The van der Waals surface area contributed by atoms with Gasteiger partial charge in [0.25, 0.3) is 12.1 Å². The summed E-state index contributed by atoms with van der Waals surface area (Å²) < 4.78 is 28.3. The number of thiophene rings is 1. The molecule has 5 rings (SSSR count). The molecule has 4 aromatic heterocycles. The normalized spacial score (nSPS) is 11.9. The Bertz CT molecular complexity index is 1450. The fourth-order valence-electron chi connectivity index (χ4n) is 3.28. The maximum Gasteiger partial charge on any atom is 0.280 e. The molecule has 1 aromatic carbocycles. The van der Waals surface area contributed by atoms with Crippen LogP contribution in [0.1, 0.15) is 17.7 Å². The topological polar surface area (TPSA) is 99.1 Å². The van der Waals surface area contributed by atoms with E-state index < -0.39 is 11.3 Å². The second-order valence-electron chi connectivity index (χ2n) is 6.35. The van der Waals surface area contributed by atoms with E-state index in [2.05, 4.69) is 20.1 Å². The van der Waals surface area contributed by atoms with Gasteiger partial charge >= 0.3 is 0 Å². The molecule has 0 spiro atoms. The minimum atomic E-state index is -2.67. The first-order valence-corrected chi connectivity index (χ1v) is 9.22. The molecule has 8 nitrogen and oxygen atoms in total. The van der Waals surface area contributed by atoms with Gasteiger partial charge in [-0.2, -0.15) is 0 Å². The highest BCUT2D eigenvalue weighted by Crippen LogP contribution is 2.37. The third-order valence-electron chi connectivity index (χ3n) is 4.55. The van der Waals surface area contributed by atoms with E-state index in [9.17, 15) is 18.9 Å². The van der Waals surface area contributed by atoms with Crippen LogP contribution in [-0.2, 0) is 0 Å². The van der Waals surface area contributed by atoms with Crippen molar-refractivity contribution in [3.63, 3.8) is 0 Å². The summed E-state index contributed by atoms with van der Waals surface area (Å²) in [5, 5.41) is 16.3. The highest BCUT2D eigenvalue weighted by Gasteiger charge is 2.22. The van der Waals surface area contributed by atoms with Crippen molar-refractivity contribution in [2.24, 2.45) is 0 Å². The summed E-state index contributed by atoms with van der Waals surface area (Å²) in [5.41, 5.74) is 1.55. The molecule has 0 aliphatic heterocycles. The molecule has 0 aliphatic rings. The lowest BCUT2D eigenvalue weighted by Crippen LogP contribution is -1.93. The van der Waals surface area contributed by atoms with Gasteiger partial charge < -0.3 is 0 Å². The van der Waals surface area contributed by atoms with Crippen LogP contribution in [0.25, 0.3) is 37.5 Å². The van der Waals surface area contributed by atoms with Gasteiger partial charge in [0.15, 0.2) is 11.5 Å². The summed E-state index contributed by atoms with van der Waals surface area (Å²) in [5.74, 6) is 0.182. The lowest BCUT2D eigenvalue weighted by molar-refractivity contribution is -0.384. The fraction of sp³-hybridized carbons (Fsp3) is 0.111. The lowest BCUT2D eigenvalue weighted by Gasteiger charge is -2.01. The van der Waals surface area contributed by atoms with Crippen LogP contribution in [0.2, 0.25) is 0 Å². The van der Waals surface area contributed by atoms with Gasteiger partial charge in [0.2, 0.25) is 0 Å². The smallest absolute Gasteiger partial charge is 0.258 e. The highest BCUT2D eigenvalue weighted by atomic mass is 32.1. The van der Waals surface area contributed by atoms with E-state index in [-0.39, 0.29) is 22.8 Å².